The zero-order valence-electron chi connectivity index (χ0n) is 18.2. The normalized spacial score (nSPS) is 20.1. The van der Waals surface area contributed by atoms with E-state index in [1.54, 1.807) is 6.20 Å². The largest absolute Gasteiger partial charge is 0.373 e. The van der Waals surface area contributed by atoms with Crippen molar-refractivity contribution < 1.29 is 9.53 Å². The highest BCUT2D eigenvalue weighted by atomic mass is 16.5. The summed E-state index contributed by atoms with van der Waals surface area (Å²) in [6.45, 7) is 5.85. The van der Waals surface area contributed by atoms with Gasteiger partial charge in [0.25, 0.3) is 0 Å². The Bertz CT molecular complexity index is 828. The Morgan fingerprint density at radius 1 is 1.17 bits per heavy atom. The van der Waals surface area contributed by atoms with Crippen LogP contribution in [0.1, 0.15) is 24.8 Å². The maximum absolute atomic E-state index is 12.8. The van der Waals surface area contributed by atoms with Crippen molar-refractivity contribution in [2.45, 2.75) is 31.4 Å². The predicted molar refractivity (Wildman–Crippen MR) is 117 cm³/mol. The Hall–Kier alpha value is -2.22. The molecule has 1 aromatic heterocycles. The van der Waals surface area contributed by atoms with Crippen LogP contribution < -0.4 is 0 Å². The van der Waals surface area contributed by atoms with Crippen molar-refractivity contribution in [3.05, 3.63) is 48.3 Å². The first-order chi connectivity index (χ1) is 14.5. The number of piperidine rings is 1. The second-order valence-electron chi connectivity index (χ2n) is 8.79. The molecule has 4 rings (SSSR count). The van der Waals surface area contributed by atoms with Crippen molar-refractivity contribution in [3.63, 3.8) is 0 Å². The molecular weight excluding hydrogens is 378 g/mol. The first kappa shape index (κ1) is 21.0. The van der Waals surface area contributed by atoms with Crippen molar-refractivity contribution in [2.75, 3.05) is 53.4 Å². The van der Waals surface area contributed by atoms with Gasteiger partial charge in [-0.05, 0) is 50.7 Å². The average Bonchev–Trinajstić information content (AvgIpc) is 3.22. The maximum atomic E-state index is 12.8. The van der Waals surface area contributed by atoms with Gasteiger partial charge in [-0.1, -0.05) is 12.1 Å². The van der Waals surface area contributed by atoms with E-state index in [-0.39, 0.29) is 11.5 Å². The number of carbonyl (C=O) groups is 1. The Labute approximate surface area is 179 Å². The number of hydrogen-bond acceptors (Lipinski definition) is 5. The van der Waals surface area contributed by atoms with Gasteiger partial charge in [0, 0.05) is 51.7 Å². The van der Waals surface area contributed by atoms with Crippen LogP contribution in [0.3, 0.4) is 0 Å². The van der Waals surface area contributed by atoms with E-state index < -0.39 is 0 Å². The standard InChI is InChI=1S/C23H33N5O2/c1-25(2)13-14-27-15-16-30-23(18-22(27)29)7-11-26(12-8-23)19-20-5-3-6-21(17-20)28-10-4-9-24-28/h3-6,9-10,17H,7-8,11-16,18-19H2,1-2H3. The molecule has 1 amide bonds. The van der Waals surface area contributed by atoms with Crippen LogP contribution >= 0.6 is 0 Å². The number of ether oxygens (including phenoxy) is 1. The molecule has 0 N–H and O–H groups in total. The third-order valence-corrected chi connectivity index (χ3v) is 6.27. The van der Waals surface area contributed by atoms with Gasteiger partial charge < -0.3 is 14.5 Å². The van der Waals surface area contributed by atoms with Gasteiger partial charge in [0.05, 0.1) is 24.3 Å². The predicted octanol–water partition coefficient (Wildman–Crippen LogP) is 2.02. The minimum absolute atomic E-state index is 0.245. The van der Waals surface area contributed by atoms with Crippen molar-refractivity contribution in [3.8, 4) is 5.69 Å². The fourth-order valence-electron chi connectivity index (χ4n) is 4.41. The molecular formula is C23H33N5O2. The van der Waals surface area contributed by atoms with Crippen LogP contribution in [0.5, 0.6) is 0 Å². The molecule has 3 heterocycles. The van der Waals surface area contributed by atoms with Crippen LogP contribution in [0.25, 0.3) is 5.69 Å². The Balaban J connectivity index is 1.32. The van der Waals surface area contributed by atoms with Gasteiger partial charge in [-0.15, -0.1) is 0 Å². The van der Waals surface area contributed by atoms with E-state index in [9.17, 15) is 4.79 Å². The molecule has 0 aliphatic carbocycles. The van der Waals surface area contributed by atoms with Gasteiger partial charge in [0.15, 0.2) is 0 Å². The van der Waals surface area contributed by atoms with Crippen LogP contribution in [0.4, 0.5) is 0 Å². The highest BCUT2D eigenvalue weighted by molar-refractivity contribution is 5.77. The number of hydrogen-bond donors (Lipinski definition) is 0. The summed E-state index contributed by atoms with van der Waals surface area (Å²) in [6.07, 6.45) is 6.11. The maximum Gasteiger partial charge on any atom is 0.225 e. The van der Waals surface area contributed by atoms with E-state index in [0.29, 0.717) is 19.6 Å². The summed E-state index contributed by atoms with van der Waals surface area (Å²) < 4.78 is 8.18. The highest BCUT2D eigenvalue weighted by Crippen LogP contribution is 2.33. The molecule has 1 spiro atoms. The lowest BCUT2D eigenvalue weighted by Gasteiger charge is -2.40. The van der Waals surface area contributed by atoms with Crippen LogP contribution in [0.15, 0.2) is 42.7 Å². The molecule has 162 valence electrons. The number of amides is 1. The second-order valence-corrected chi connectivity index (χ2v) is 8.79. The van der Waals surface area contributed by atoms with E-state index in [1.165, 1.54) is 5.56 Å². The van der Waals surface area contributed by atoms with Gasteiger partial charge in [0.2, 0.25) is 5.91 Å². The lowest BCUT2D eigenvalue weighted by Crippen LogP contribution is -2.47. The molecule has 30 heavy (non-hydrogen) atoms. The highest BCUT2D eigenvalue weighted by Gasteiger charge is 2.40. The number of rotatable bonds is 6. The van der Waals surface area contributed by atoms with Gasteiger partial charge in [-0.25, -0.2) is 4.68 Å². The van der Waals surface area contributed by atoms with Crippen LogP contribution in [0.2, 0.25) is 0 Å². The summed E-state index contributed by atoms with van der Waals surface area (Å²) in [5.74, 6) is 0.245. The van der Waals surface area contributed by atoms with Crippen molar-refractivity contribution in [2.24, 2.45) is 0 Å². The molecule has 2 aromatic rings. The fourth-order valence-corrected chi connectivity index (χ4v) is 4.41. The van der Waals surface area contributed by atoms with E-state index in [0.717, 1.165) is 51.3 Å². The number of likely N-dealkylation sites (N-methyl/N-ethyl adjacent to an activating group) is 1. The molecule has 7 nitrogen and oxygen atoms in total. The molecule has 2 aliphatic heterocycles. The Morgan fingerprint density at radius 2 is 2.00 bits per heavy atom. The fraction of sp³-hybridized carbons (Fsp3) is 0.565. The molecule has 7 heteroatoms. The smallest absolute Gasteiger partial charge is 0.225 e. The summed E-state index contributed by atoms with van der Waals surface area (Å²) in [6, 6.07) is 10.5. The van der Waals surface area contributed by atoms with E-state index in [1.807, 2.05) is 35.9 Å². The van der Waals surface area contributed by atoms with E-state index in [4.69, 9.17) is 4.74 Å². The molecule has 1 aromatic carbocycles. The number of carbonyl (C=O) groups excluding carboxylic acids is 1. The quantitative estimate of drug-likeness (QED) is 0.728. The summed E-state index contributed by atoms with van der Waals surface area (Å²) in [5, 5.41) is 4.32. The van der Waals surface area contributed by atoms with Gasteiger partial charge in [0.1, 0.15) is 0 Å². The molecule has 2 fully saturated rings. The summed E-state index contributed by atoms with van der Waals surface area (Å²) in [7, 11) is 4.08. The third-order valence-electron chi connectivity index (χ3n) is 6.27. The Morgan fingerprint density at radius 3 is 2.73 bits per heavy atom. The minimum Gasteiger partial charge on any atom is -0.373 e. The van der Waals surface area contributed by atoms with Crippen molar-refractivity contribution >= 4 is 5.91 Å². The number of benzene rings is 1. The number of likely N-dealkylation sites (tertiary alicyclic amines) is 1. The van der Waals surface area contributed by atoms with Crippen molar-refractivity contribution in [1.82, 2.24) is 24.5 Å². The molecule has 2 aliphatic rings. The minimum atomic E-state index is -0.280. The van der Waals surface area contributed by atoms with Crippen molar-refractivity contribution in [1.29, 1.82) is 0 Å². The Kier molecular flexibility index (Phi) is 6.51. The van der Waals surface area contributed by atoms with Crippen LogP contribution in [0, 0.1) is 0 Å². The topological polar surface area (TPSA) is 53.8 Å². The monoisotopic (exact) mass is 411 g/mol. The number of aromatic nitrogens is 2. The third kappa shape index (κ3) is 5.09. The molecule has 0 bridgehead atoms. The van der Waals surface area contributed by atoms with E-state index in [2.05, 4.69) is 39.2 Å². The molecule has 2 saturated heterocycles. The van der Waals surface area contributed by atoms with E-state index >= 15 is 0 Å². The van der Waals surface area contributed by atoms with Crippen LogP contribution in [-0.4, -0.2) is 89.4 Å². The summed E-state index contributed by atoms with van der Waals surface area (Å²) in [5.41, 5.74) is 2.09. The lowest BCUT2D eigenvalue weighted by molar-refractivity contribution is -0.135. The van der Waals surface area contributed by atoms with Gasteiger partial charge >= 0.3 is 0 Å². The lowest BCUT2D eigenvalue weighted by atomic mass is 9.87. The first-order valence-corrected chi connectivity index (χ1v) is 10.9. The first-order valence-electron chi connectivity index (χ1n) is 10.9. The van der Waals surface area contributed by atoms with Gasteiger partial charge in [-0.2, -0.15) is 5.10 Å². The molecule has 0 atom stereocenters. The second kappa shape index (κ2) is 9.29. The number of nitrogens with zero attached hydrogens (tertiary/aromatic N) is 5. The molecule has 0 unspecified atom stereocenters. The summed E-state index contributed by atoms with van der Waals surface area (Å²) >= 11 is 0. The summed E-state index contributed by atoms with van der Waals surface area (Å²) in [4.78, 5) is 19.4. The molecule has 0 radical (unpaired) electrons. The van der Waals surface area contributed by atoms with Gasteiger partial charge in [-0.3, -0.25) is 9.69 Å². The van der Waals surface area contributed by atoms with Crippen LogP contribution in [-0.2, 0) is 16.1 Å². The molecule has 0 saturated carbocycles. The average molecular weight is 412 g/mol. The SMILES string of the molecule is CN(C)CCN1CCOC2(CCN(Cc3cccc(-n4cccn4)c3)CC2)CC1=O. The zero-order chi connectivity index (χ0) is 21.0. The zero-order valence-corrected chi connectivity index (χ0v) is 18.2.